The average molecular weight is 766 g/mol. The number of aliphatic hydroxyl groups is 1. The number of benzene rings is 5. The molecule has 0 aliphatic carbocycles. The van der Waals surface area contributed by atoms with Crippen LogP contribution in [0.2, 0.25) is 0 Å². The number of hydrogen-bond acceptors (Lipinski definition) is 7. The lowest BCUT2D eigenvalue weighted by Crippen LogP contribution is -2.57. The number of carbonyl (C=O) groups is 4. The second-order valence-electron chi connectivity index (χ2n) is 12.7. The van der Waals surface area contributed by atoms with Gasteiger partial charge in [-0.05, 0) is 77.4 Å². The molecular formula is C42H37F2N3O7S. The van der Waals surface area contributed by atoms with Crippen molar-refractivity contribution in [2.75, 3.05) is 28.7 Å². The number of hydrogen-bond donors (Lipinski definition) is 3. The Bertz CT molecular complexity index is 2090. The van der Waals surface area contributed by atoms with Crippen molar-refractivity contribution < 1.29 is 42.9 Å². The Morgan fingerprint density at radius 2 is 1.42 bits per heavy atom. The summed E-state index contributed by atoms with van der Waals surface area (Å²) in [5.41, 5.74) is 2.85. The molecule has 13 heteroatoms. The van der Waals surface area contributed by atoms with E-state index in [1.807, 2.05) is 6.07 Å². The molecule has 6 rings (SSSR count). The molecule has 0 radical (unpaired) electrons. The number of β-lactam (4-membered cyclic amide) rings is 1. The second kappa shape index (κ2) is 17.9. The van der Waals surface area contributed by atoms with Crippen LogP contribution < -0.4 is 19.9 Å². The van der Waals surface area contributed by atoms with E-state index in [0.29, 0.717) is 22.7 Å². The number of nitrogens with zero attached hydrogens (tertiary/aromatic N) is 2. The zero-order valence-electron chi connectivity index (χ0n) is 29.3. The van der Waals surface area contributed by atoms with E-state index in [0.717, 1.165) is 11.1 Å². The van der Waals surface area contributed by atoms with Gasteiger partial charge in [0.1, 0.15) is 28.7 Å². The molecule has 4 atom stereocenters. The normalized spacial score (nSPS) is 16.1. The molecular weight excluding hydrogens is 729 g/mol. The van der Waals surface area contributed by atoms with E-state index >= 15 is 0 Å². The zero-order chi connectivity index (χ0) is 38.9. The van der Waals surface area contributed by atoms with Gasteiger partial charge in [-0.3, -0.25) is 19.3 Å². The third-order valence-corrected chi connectivity index (χ3v) is 10.4. The topological polar surface area (TPSA) is 136 Å². The van der Waals surface area contributed by atoms with Crippen molar-refractivity contribution in [2.45, 2.75) is 29.9 Å². The number of carboxylic acids is 1. The Kier molecular flexibility index (Phi) is 12.5. The van der Waals surface area contributed by atoms with Crippen LogP contribution in [0.25, 0.3) is 0 Å². The third kappa shape index (κ3) is 9.55. The van der Waals surface area contributed by atoms with Crippen LogP contribution >= 0.6 is 11.8 Å². The first kappa shape index (κ1) is 38.7. The molecule has 3 amide bonds. The lowest BCUT2D eigenvalue weighted by molar-refractivity contribution is -0.140. The van der Waals surface area contributed by atoms with E-state index in [4.69, 9.17) is 4.74 Å². The molecule has 55 heavy (non-hydrogen) atoms. The van der Waals surface area contributed by atoms with Gasteiger partial charge in [-0.2, -0.15) is 0 Å². The summed E-state index contributed by atoms with van der Waals surface area (Å²) in [6.45, 7) is -0.911. The van der Waals surface area contributed by atoms with Crippen LogP contribution in [0.5, 0.6) is 5.75 Å². The Labute approximate surface area is 320 Å². The van der Waals surface area contributed by atoms with Gasteiger partial charge in [0.2, 0.25) is 11.8 Å². The molecule has 1 unspecified atom stereocenters. The largest absolute Gasteiger partial charge is 0.484 e. The fraction of sp³-hybridized carbons (Fsp3) is 0.190. The summed E-state index contributed by atoms with van der Waals surface area (Å²) in [4.78, 5) is 54.9. The molecule has 1 fully saturated rings. The highest BCUT2D eigenvalue weighted by molar-refractivity contribution is 8.00. The fourth-order valence-corrected chi connectivity index (χ4v) is 7.55. The van der Waals surface area contributed by atoms with Crippen molar-refractivity contribution >= 4 is 46.8 Å². The van der Waals surface area contributed by atoms with Crippen molar-refractivity contribution in [3.8, 4) is 5.75 Å². The molecule has 1 saturated heterocycles. The van der Waals surface area contributed by atoms with Gasteiger partial charge in [0, 0.05) is 23.5 Å². The quantitative estimate of drug-likeness (QED) is 0.102. The molecule has 10 nitrogen and oxygen atoms in total. The Hall–Kier alpha value is -6.05. The van der Waals surface area contributed by atoms with Crippen LogP contribution in [0.15, 0.2) is 133 Å². The third-order valence-electron chi connectivity index (χ3n) is 9.04. The standard InChI is InChI=1S/C42H37F2N3O7S/c43-30-15-11-28(12-16-30)36(48)26-55-40-39(47(41(40)51)33-19-17-31(44)18-20-33)29-13-21-34(22-14-29)54-25-37(49)45-24-38(50)46(32-9-5-2-6-10-32)35(42(52)53)23-27-7-3-1-4-8-27/h1-22,35-36,39-40,48H,23-26H2,(H,45,49)(H,52,53)/t35-,36?,39-,40-/m1/s1. The monoisotopic (exact) mass is 765 g/mol. The molecule has 282 valence electrons. The predicted octanol–water partition coefficient (Wildman–Crippen LogP) is 6.11. The average Bonchev–Trinajstić information content (AvgIpc) is 3.20. The van der Waals surface area contributed by atoms with Crippen LogP contribution in [0.4, 0.5) is 20.2 Å². The van der Waals surface area contributed by atoms with Crippen LogP contribution in [0, 0.1) is 11.6 Å². The first-order valence-corrected chi connectivity index (χ1v) is 18.4. The van der Waals surface area contributed by atoms with Crippen LogP contribution in [0.3, 0.4) is 0 Å². The number of thioether (sulfide) groups is 1. The number of amides is 3. The molecule has 0 aromatic heterocycles. The number of halogens is 2. The number of carboxylic acid groups (broad SMARTS) is 1. The highest BCUT2D eigenvalue weighted by Crippen LogP contribution is 2.46. The van der Waals surface area contributed by atoms with Crippen LogP contribution in [0.1, 0.15) is 28.8 Å². The van der Waals surface area contributed by atoms with Crippen LogP contribution in [-0.2, 0) is 25.6 Å². The van der Waals surface area contributed by atoms with E-state index in [9.17, 15) is 38.2 Å². The van der Waals surface area contributed by atoms with Gasteiger partial charge in [-0.15, -0.1) is 11.8 Å². The van der Waals surface area contributed by atoms with Crippen molar-refractivity contribution in [3.05, 3.63) is 162 Å². The second-order valence-corrected chi connectivity index (χ2v) is 13.9. The molecule has 5 aromatic rings. The van der Waals surface area contributed by atoms with Gasteiger partial charge in [0.15, 0.2) is 6.61 Å². The van der Waals surface area contributed by atoms with E-state index < -0.39 is 66.0 Å². The summed E-state index contributed by atoms with van der Waals surface area (Å²) < 4.78 is 32.8. The molecule has 0 spiro atoms. The SMILES string of the molecule is O=C(COc1ccc([C@@H]2[C@@H](SCC(O)c3ccc(F)cc3)C(=O)N2c2ccc(F)cc2)cc1)NCC(=O)N(c1ccccc1)[C@H](Cc1ccccc1)C(=O)O. The van der Waals surface area contributed by atoms with E-state index in [2.05, 4.69) is 5.32 Å². The first-order valence-electron chi connectivity index (χ1n) is 17.4. The fourth-order valence-electron chi connectivity index (χ4n) is 6.25. The van der Waals surface area contributed by atoms with E-state index in [-0.39, 0.29) is 18.1 Å². The predicted molar refractivity (Wildman–Crippen MR) is 205 cm³/mol. The number of rotatable bonds is 16. The van der Waals surface area contributed by atoms with Crippen molar-refractivity contribution in [3.63, 3.8) is 0 Å². The van der Waals surface area contributed by atoms with Crippen molar-refractivity contribution in [2.24, 2.45) is 0 Å². The van der Waals surface area contributed by atoms with Gasteiger partial charge in [-0.25, -0.2) is 13.6 Å². The number of para-hydroxylation sites is 1. The van der Waals surface area contributed by atoms with Gasteiger partial charge < -0.3 is 25.2 Å². The summed E-state index contributed by atoms with van der Waals surface area (Å²) in [7, 11) is 0. The van der Waals surface area contributed by atoms with Crippen LogP contribution in [-0.4, -0.2) is 64.1 Å². The highest BCUT2D eigenvalue weighted by atomic mass is 32.2. The molecule has 1 aliphatic heterocycles. The molecule has 1 aliphatic rings. The summed E-state index contributed by atoms with van der Waals surface area (Å²) >= 11 is 1.26. The molecule has 3 N–H and O–H groups in total. The summed E-state index contributed by atoms with van der Waals surface area (Å²) in [6.07, 6.45) is -0.886. The highest BCUT2D eigenvalue weighted by Gasteiger charge is 2.49. The summed E-state index contributed by atoms with van der Waals surface area (Å²) in [5.74, 6) is -3.01. The van der Waals surface area contributed by atoms with Gasteiger partial charge in [0.25, 0.3) is 5.91 Å². The molecule has 0 saturated carbocycles. The molecule has 1 heterocycles. The minimum absolute atomic E-state index is 0.0535. The number of ether oxygens (including phenoxy) is 1. The molecule has 0 bridgehead atoms. The van der Waals surface area contributed by atoms with E-state index in [1.165, 1.54) is 65.2 Å². The number of nitrogens with one attached hydrogen (secondary N) is 1. The summed E-state index contributed by atoms with van der Waals surface area (Å²) in [5, 5.41) is 22.8. The summed E-state index contributed by atoms with van der Waals surface area (Å²) in [6, 6.07) is 33.4. The maximum absolute atomic E-state index is 13.7. The Balaban J connectivity index is 1.09. The molecule has 5 aromatic carbocycles. The number of anilines is 2. The van der Waals surface area contributed by atoms with Crippen molar-refractivity contribution in [1.29, 1.82) is 0 Å². The van der Waals surface area contributed by atoms with Gasteiger partial charge >= 0.3 is 5.97 Å². The minimum Gasteiger partial charge on any atom is -0.484 e. The minimum atomic E-state index is -1.23. The number of aliphatic hydroxyl groups excluding tert-OH is 1. The maximum Gasteiger partial charge on any atom is 0.327 e. The zero-order valence-corrected chi connectivity index (χ0v) is 30.2. The Morgan fingerprint density at radius 3 is 2.04 bits per heavy atom. The maximum atomic E-state index is 13.7. The van der Waals surface area contributed by atoms with Gasteiger partial charge in [-0.1, -0.05) is 72.8 Å². The first-order chi connectivity index (χ1) is 26.6. The van der Waals surface area contributed by atoms with E-state index in [1.54, 1.807) is 83.8 Å². The lowest BCUT2D eigenvalue weighted by Gasteiger charge is -2.47. The lowest BCUT2D eigenvalue weighted by atomic mass is 9.92. The van der Waals surface area contributed by atoms with Crippen molar-refractivity contribution in [1.82, 2.24) is 5.32 Å². The number of aliphatic carboxylic acids is 1. The van der Waals surface area contributed by atoms with Gasteiger partial charge in [0.05, 0.1) is 18.7 Å². The Morgan fingerprint density at radius 1 is 0.818 bits per heavy atom. The smallest absolute Gasteiger partial charge is 0.327 e. The number of carbonyl (C=O) groups excluding carboxylic acids is 3.